The van der Waals surface area contributed by atoms with Gasteiger partial charge in [-0.1, -0.05) is 48.0 Å². The van der Waals surface area contributed by atoms with E-state index in [4.69, 9.17) is 23.2 Å². The summed E-state index contributed by atoms with van der Waals surface area (Å²) in [5, 5.41) is 4.85. The van der Waals surface area contributed by atoms with Gasteiger partial charge in [0.2, 0.25) is 0 Å². The zero-order chi connectivity index (χ0) is 13.7. The fourth-order valence-corrected chi connectivity index (χ4v) is 3.14. The van der Waals surface area contributed by atoms with Crippen LogP contribution in [0.25, 0.3) is 0 Å². The van der Waals surface area contributed by atoms with Gasteiger partial charge in [0.1, 0.15) is 0 Å². The maximum Gasteiger partial charge on any atom is 0.0417 e. The minimum Gasteiger partial charge on any atom is -0.313 e. The first-order valence-electron chi connectivity index (χ1n) is 6.11. The molecule has 0 saturated carbocycles. The molecule has 0 aromatic heterocycles. The zero-order valence-electron chi connectivity index (χ0n) is 10.6. The molecule has 2 aromatic rings. The van der Waals surface area contributed by atoms with Gasteiger partial charge in [-0.05, 0) is 48.5 Å². The Hall–Kier alpha value is -0.670. The van der Waals surface area contributed by atoms with Gasteiger partial charge < -0.3 is 5.32 Å². The van der Waals surface area contributed by atoms with Gasteiger partial charge in [0.15, 0.2) is 0 Å². The molecule has 0 spiro atoms. The van der Waals surface area contributed by atoms with Gasteiger partial charge in [-0.3, -0.25) is 0 Å². The van der Waals surface area contributed by atoms with E-state index in [-0.39, 0.29) is 0 Å². The molecule has 2 rings (SSSR count). The molecule has 2 aromatic carbocycles. The molecule has 1 N–H and O–H groups in total. The molecule has 0 fully saturated rings. The zero-order valence-corrected chi connectivity index (χ0v) is 12.9. The van der Waals surface area contributed by atoms with E-state index in [0.717, 1.165) is 28.0 Å². The quantitative estimate of drug-likeness (QED) is 0.809. The third-order valence-electron chi connectivity index (χ3n) is 2.61. The predicted molar refractivity (Wildman–Crippen MR) is 84.4 cm³/mol. The van der Waals surface area contributed by atoms with Crippen molar-refractivity contribution in [2.75, 3.05) is 6.54 Å². The second-order valence-corrected chi connectivity index (χ2v) is 6.08. The van der Waals surface area contributed by atoms with Crippen molar-refractivity contribution in [1.82, 2.24) is 5.32 Å². The van der Waals surface area contributed by atoms with E-state index in [1.807, 2.05) is 30.3 Å². The minimum atomic E-state index is 0.757. The number of hydrogen-bond donors (Lipinski definition) is 1. The highest BCUT2D eigenvalue weighted by Crippen LogP contribution is 2.33. The topological polar surface area (TPSA) is 12.0 Å². The summed E-state index contributed by atoms with van der Waals surface area (Å²) in [5.41, 5.74) is 1.21. The summed E-state index contributed by atoms with van der Waals surface area (Å²) in [5.74, 6) is 0. The Morgan fingerprint density at radius 1 is 1.05 bits per heavy atom. The molecule has 4 heteroatoms. The fourth-order valence-electron chi connectivity index (χ4n) is 1.70. The molecule has 0 saturated heterocycles. The fraction of sp³-hybridized carbons (Fsp3) is 0.200. The van der Waals surface area contributed by atoms with Crippen molar-refractivity contribution in [1.29, 1.82) is 0 Å². The van der Waals surface area contributed by atoms with Gasteiger partial charge in [-0.2, -0.15) is 0 Å². The van der Waals surface area contributed by atoms with Crippen molar-refractivity contribution in [3.8, 4) is 0 Å². The van der Waals surface area contributed by atoms with Crippen molar-refractivity contribution in [3.05, 3.63) is 58.1 Å². The smallest absolute Gasteiger partial charge is 0.0417 e. The average molecular weight is 312 g/mol. The lowest BCUT2D eigenvalue weighted by Crippen LogP contribution is -2.12. The molecule has 0 bridgehead atoms. The summed E-state index contributed by atoms with van der Waals surface area (Å²) in [7, 11) is 0. The van der Waals surface area contributed by atoms with Crippen LogP contribution in [-0.4, -0.2) is 6.54 Å². The Morgan fingerprint density at radius 2 is 1.84 bits per heavy atom. The van der Waals surface area contributed by atoms with Crippen molar-refractivity contribution < 1.29 is 0 Å². The van der Waals surface area contributed by atoms with Crippen LogP contribution in [0.5, 0.6) is 0 Å². The van der Waals surface area contributed by atoms with Crippen molar-refractivity contribution in [3.63, 3.8) is 0 Å². The Kier molecular flexibility index (Phi) is 5.59. The molecular formula is C15H15Cl2NS. The lowest BCUT2D eigenvalue weighted by atomic mass is 10.2. The SMILES string of the molecule is CCNCc1cc(Cl)ccc1Sc1cccc(Cl)c1. The van der Waals surface area contributed by atoms with Crippen LogP contribution < -0.4 is 5.32 Å². The first-order valence-corrected chi connectivity index (χ1v) is 7.69. The summed E-state index contributed by atoms with van der Waals surface area (Å²) in [6.45, 7) is 3.85. The predicted octanol–water partition coefficient (Wildman–Crippen LogP) is 5.25. The van der Waals surface area contributed by atoms with Gasteiger partial charge in [0.25, 0.3) is 0 Å². The first-order chi connectivity index (χ1) is 9.19. The van der Waals surface area contributed by atoms with Crippen LogP contribution in [-0.2, 0) is 6.54 Å². The molecule has 0 unspecified atom stereocenters. The van der Waals surface area contributed by atoms with Crippen molar-refractivity contribution in [2.45, 2.75) is 23.3 Å². The van der Waals surface area contributed by atoms with Gasteiger partial charge >= 0.3 is 0 Å². The van der Waals surface area contributed by atoms with E-state index in [1.54, 1.807) is 11.8 Å². The molecule has 0 amide bonds. The highest BCUT2D eigenvalue weighted by molar-refractivity contribution is 7.99. The van der Waals surface area contributed by atoms with E-state index in [2.05, 4.69) is 24.4 Å². The molecule has 0 atom stereocenters. The highest BCUT2D eigenvalue weighted by Gasteiger charge is 2.05. The molecule has 0 aliphatic rings. The van der Waals surface area contributed by atoms with Crippen LogP contribution in [0.1, 0.15) is 12.5 Å². The monoisotopic (exact) mass is 311 g/mol. The summed E-state index contributed by atoms with van der Waals surface area (Å²) < 4.78 is 0. The second kappa shape index (κ2) is 7.20. The van der Waals surface area contributed by atoms with E-state index in [9.17, 15) is 0 Å². The Labute approximate surface area is 128 Å². The summed E-state index contributed by atoms with van der Waals surface area (Å²) in [4.78, 5) is 2.33. The van der Waals surface area contributed by atoms with Crippen LogP contribution >= 0.6 is 35.0 Å². The molecule has 19 heavy (non-hydrogen) atoms. The van der Waals surface area contributed by atoms with E-state index in [0.29, 0.717) is 0 Å². The Balaban J connectivity index is 2.23. The maximum atomic E-state index is 6.07. The van der Waals surface area contributed by atoms with Crippen LogP contribution in [0.2, 0.25) is 10.0 Å². The van der Waals surface area contributed by atoms with Gasteiger partial charge in [0.05, 0.1) is 0 Å². The molecule has 100 valence electrons. The number of hydrogen-bond acceptors (Lipinski definition) is 2. The summed E-state index contributed by atoms with van der Waals surface area (Å²) in [6, 6.07) is 13.9. The largest absolute Gasteiger partial charge is 0.313 e. The lowest BCUT2D eigenvalue weighted by Gasteiger charge is -2.10. The van der Waals surface area contributed by atoms with Crippen molar-refractivity contribution in [2.24, 2.45) is 0 Å². The Bertz CT molecular complexity index is 558. The molecule has 0 radical (unpaired) electrons. The van der Waals surface area contributed by atoms with Gasteiger partial charge in [-0.15, -0.1) is 0 Å². The van der Waals surface area contributed by atoms with Crippen LogP contribution in [0.4, 0.5) is 0 Å². The Morgan fingerprint density at radius 3 is 2.58 bits per heavy atom. The normalized spacial score (nSPS) is 10.7. The number of nitrogens with one attached hydrogen (secondary N) is 1. The molecule has 0 heterocycles. The van der Waals surface area contributed by atoms with Crippen molar-refractivity contribution >= 4 is 35.0 Å². The first kappa shape index (κ1) is 14.7. The molecule has 0 aliphatic carbocycles. The number of halogens is 2. The van der Waals surface area contributed by atoms with Gasteiger partial charge in [0, 0.05) is 26.4 Å². The maximum absolute atomic E-state index is 6.07. The van der Waals surface area contributed by atoms with Crippen LogP contribution in [0.15, 0.2) is 52.3 Å². The van der Waals surface area contributed by atoms with Gasteiger partial charge in [-0.25, -0.2) is 0 Å². The molecule has 0 aliphatic heterocycles. The van der Waals surface area contributed by atoms with E-state index in [1.165, 1.54) is 10.5 Å². The average Bonchev–Trinajstić information content (AvgIpc) is 2.39. The molecular weight excluding hydrogens is 297 g/mol. The van der Waals surface area contributed by atoms with E-state index >= 15 is 0 Å². The third kappa shape index (κ3) is 4.43. The standard InChI is InChI=1S/C15H15Cl2NS/c1-2-18-10-11-8-13(17)6-7-15(11)19-14-5-3-4-12(16)9-14/h3-9,18H,2,10H2,1H3. The number of rotatable bonds is 5. The summed E-state index contributed by atoms with van der Waals surface area (Å²) in [6.07, 6.45) is 0. The highest BCUT2D eigenvalue weighted by atomic mass is 35.5. The third-order valence-corrected chi connectivity index (χ3v) is 4.19. The second-order valence-electron chi connectivity index (χ2n) is 4.09. The summed E-state index contributed by atoms with van der Waals surface area (Å²) >= 11 is 13.8. The molecule has 1 nitrogen and oxygen atoms in total. The lowest BCUT2D eigenvalue weighted by molar-refractivity contribution is 0.718. The minimum absolute atomic E-state index is 0.757. The van der Waals surface area contributed by atoms with Crippen LogP contribution in [0, 0.1) is 0 Å². The van der Waals surface area contributed by atoms with E-state index < -0.39 is 0 Å². The van der Waals surface area contributed by atoms with Crippen LogP contribution in [0.3, 0.4) is 0 Å². The number of benzene rings is 2.